The number of nitrogens with zero attached hydrogens (tertiary/aromatic N) is 3. The quantitative estimate of drug-likeness (QED) is 0.595. The van der Waals surface area contributed by atoms with E-state index in [1.165, 1.54) is 0 Å². The lowest BCUT2D eigenvalue weighted by Gasteiger charge is -2.10. The second-order valence-electron chi connectivity index (χ2n) is 4.72. The van der Waals surface area contributed by atoms with Crippen molar-refractivity contribution in [2.24, 2.45) is 5.10 Å². The first-order valence-electron chi connectivity index (χ1n) is 7.17. The number of benzene rings is 1. The number of aromatic nitrogens is 3. The van der Waals surface area contributed by atoms with Crippen molar-refractivity contribution in [2.75, 3.05) is 19.1 Å². The zero-order valence-corrected chi connectivity index (χ0v) is 13.3. The standard InChI is InChI=1S/C15H19N5O3/c1-4-7-23-13-8-11(5-6-12(13)22-3)9-16-19-15-17-14(21)10(2)18-20-15/h5-6,8-9H,4,7H2,1-3H3,(H2,17,19,20,21)/b16-9-. The highest BCUT2D eigenvalue weighted by molar-refractivity contribution is 5.81. The average Bonchev–Trinajstić information content (AvgIpc) is 2.56. The molecule has 2 rings (SSSR count). The third-order valence-corrected chi connectivity index (χ3v) is 2.89. The van der Waals surface area contributed by atoms with Gasteiger partial charge in [0, 0.05) is 0 Å². The Kier molecular flexibility index (Phi) is 5.67. The monoisotopic (exact) mass is 317 g/mol. The number of ether oxygens (including phenoxy) is 2. The molecule has 0 bridgehead atoms. The molecule has 23 heavy (non-hydrogen) atoms. The number of hydrazone groups is 1. The highest BCUT2D eigenvalue weighted by atomic mass is 16.5. The predicted octanol–water partition coefficient (Wildman–Crippen LogP) is 1.72. The van der Waals surface area contributed by atoms with Gasteiger partial charge in [0.1, 0.15) is 5.69 Å². The molecule has 0 fully saturated rings. The van der Waals surface area contributed by atoms with E-state index in [1.807, 2.05) is 19.1 Å². The van der Waals surface area contributed by atoms with Gasteiger partial charge in [0.05, 0.1) is 19.9 Å². The molecular weight excluding hydrogens is 298 g/mol. The largest absolute Gasteiger partial charge is 0.493 e. The van der Waals surface area contributed by atoms with Crippen LogP contribution in [0.1, 0.15) is 24.6 Å². The van der Waals surface area contributed by atoms with E-state index < -0.39 is 0 Å². The number of nitrogens with one attached hydrogen (secondary N) is 2. The molecule has 1 aromatic heterocycles. The molecule has 1 heterocycles. The fraction of sp³-hybridized carbons (Fsp3) is 0.333. The minimum absolute atomic E-state index is 0.174. The molecule has 8 nitrogen and oxygen atoms in total. The molecule has 0 spiro atoms. The molecule has 8 heteroatoms. The lowest BCUT2D eigenvalue weighted by atomic mass is 10.2. The molecule has 0 saturated carbocycles. The molecule has 0 radical (unpaired) electrons. The van der Waals surface area contributed by atoms with Crippen LogP contribution >= 0.6 is 0 Å². The van der Waals surface area contributed by atoms with Gasteiger partial charge < -0.3 is 9.47 Å². The van der Waals surface area contributed by atoms with E-state index in [2.05, 4.69) is 25.7 Å². The van der Waals surface area contributed by atoms with Crippen molar-refractivity contribution in [3.8, 4) is 11.5 Å². The minimum Gasteiger partial charge on any atom is -0.493 e. The Bertz CT molecular complexity index is 742. The van der Waals surface area contributed by atoms with Gasteiger partial charge in [-0.2, -0.15) is 5.10 Å². The van der Waals surface area contributed by atoms with Gasteiger partial charge in [-0.05, 0) is 37.1 Å². The van der Waals surface area contributed by atoms with Crippen LogP contribution in [0.4, 0.5) is 5.95 Å². The SMILES string of the molecule is CCCOc1cc(/C=N\Nc2nnc(C)c(=O)[nH]2)ccc1OC. The Morgan fingerprint density at radius 2 is 2.17 bits per heavy atom. The van der Waals surface area contributed by atoms with E-state index in [0.29, 0.717) is 23.8 Å². The van der Waals surface area contributed by atoms with Crippen molar-refractivity contribution in [1.82, 2.24) is 15.2 Å². The van der Waals surface area contributed by atoms with E-state index in [-0.39, 0.29) is 11.5 Å². The minimum atomic E-state index is -0.308. The molecule has 0 atom stereocenters. The van der Waals surface area contributed by atoms with Crippen LogP contribution in [-0.2, 0) is 0 Å². The van der Waals surface area contributed by atoms with Crippen molar-refractivity contribution in [2.45, 2.75) is 20.3 Å². The molecule has 0 unspecified atom stereocenters. The average molecular weight is 317 g/mol. The second-order valence-corrected chi connectivity index (χ2v) is 4.72. The van der Waals surface area contributed by atoms with Crippen LogP contribution in [0, 0.1) is 6.92 Å². The zero-order chi connectivity index (χ0) is 16.7. The summed E-state index contributed by atoms with van der Waals surface area (Å²) in [5, 5.41) is 11.5. The van der Waals surface area contributed by atoms with Gasteiger partial charge in [-0.3, -0.25) is 9.78 Å². The van der Waals surface area contributed by atoms with E-state index in [9.17, 15) is 4.79 Å². The summed E-state index contributed by atoms with van der Waals surface area (Å²) in [6.07, 6.45) is 2.49. The van der Waals surface area contributed by atoms with E-state index in [4.69, 9.17) is 9.47 Å². The van der Waals surface area contributed by atoms with Crippen molar-refractivity contribution >= 4 is 12.2 Å². The summed E-state index contributed by atoms with van der Waals surface area (Å²) in [5.41, 5.74) is 3.42. The number of aromatic amines is 1. The molecule has 0 amide bonds. The Labute approximate surface area is 133 Å². The van der Waals surface area contributed by atoms with Crippen LogP contribution in [0.15, 0.2) is 28.1 Å². The number of hydrogen-bond donors (Lipinski definition) is 2. The van der Waals surface area contributed by atoms with Crippen molar-refractivity contribution in [1.29, 1.82) is 0 Å². The van der Waals surface area contributed by atoms with Crippen LogP contribution in [-0.4, -0.2) is 35.1 Å². The number of hydrogen-bond acceptors (Lipinski definition) is 7. The number of aryl methyl sites for hydroxylation is 1. The maximum atomic E-state index is 11.4. The number of methoxy groups -OCH3 is 1. The Balaban J connectivity index is 2.09. The molecule has 1 aromatic carbocycles. The first-order valence-corrected chi connectivity index (χ1v) is 7.17. The number of anilines is 1. The van der Waals surface area contributed by atoms with Crippen molar-refractivity contribution in [3.63, 3.8) is 0 Å². The molecule has 0 aliphatic rings. The van der Waals surface area contributed by atoms with Crippen LogP contribution < -0.4 is 20.5 Å². The Morgan fingerprint density at radius 3 is 2.87 bits per heavy atom. The summed E-state index contributed by atoms with van der Waals surface area (Å²) in [6.45, 7) is 4.22. The fourth-order valence-corrected chi connectivity index (χ4v) is 1.71. The van der Waals surface area contributed by atoms with E-state index in [1.54, 1.807) is 26.3 Å². The third kappa shape index (κ3) is 4.53. The molecule has 2 aromatic rings. The molecule has 0 aliphatic heterocycles. The van der Waals surface area contributed by atoms with Crippen molar-refractivity contribution < 1.29 is 9.47 Å². The summed E-state index contributed by atoms with van der Waals surface area (Å²) >= 11 is 0. The third-order valence-electron chi connectivity index (χ3n) is 2.89. The van der Waals surface area contributed by atoms with Gasteiger partial charge in [-0.1, -0.05) is 6.92 Å². The fourth-order valence-electron chi connectivity index (χ4n) is 1.71. The first kappa shape index (κ1) is 16.5. The maximum Gasteiger partial charge on any atom is 0.274 e. The lowest BCUT2D eigenvalue weighted by Crippen LogP contribution is -2.15. The second kappa shape index (κ2) is 7.92. The predicted molar refractivity (Wildman–Crippen MR) is 87.4 cm³/mol. The molecule has 2 N–H and O–H groups in total. The normalized spacial score (nSPS) is 10.7. The first-order chi connectivity index (χ1) is 11.1. The summed E-state index contributed by atoms with van der Waals surface area (Å²) in [7, 11) is 1.59. The maximum absolute atomic E-state index is 11.4. The topological polar surface area (TPSA) is 101 Å². The lowest BCUT2D eigenvalue weighted by molar-refractivity contribution is 0.294. The summed E-state index contributed by atoms with van der Waals surface area (Å²) in [4.78, 5) is 13.9. The summed E-state index contributed by atoms with van der Waals surface area (Å²) in [6, 6.07) is 5.47. The molecular formula is C15H19N5O3. The van der Waals surface area contributed by atoms with E-state index >= 15 is 0 Å². The Morgan fingerprint density at radius 1 is 1.35 bits per heavy atom. The smallest absolute Gasteiger partial charge is 0.274 e. The van der Waals surface area contributed by atoms with Crippen LogP contribution in [0.2, 0.25) is 0 Å². The number of H-pyrrole nitrogens is 1. The van der Waals surface area contributed by atoms with Gasteiger partial charge in [-0.15, -0.1) is 10.2 Å². The summed E-state index contributed by atoms with van der Waals surface area (Å²) < 4.78 is 10.9. The van der Waals surface area contributed by atoms with Gasteiger partial charge in [-0.25, -0.2) is 5.43 Å². The van der Waals surface area contributed by atoms with Gasteiger partial charge in [0.15, 0.2) is 11.5 Å². The zero-order valence-electron chi connectivity index (χ0n) is 13.3. The van der Waals surface area contributed by atoms with Crippen LogP contribution in [0.25, 0.3) is 0 Å². The molecule has 0 saturated heterocycles. The van der Waals surface area contributed by atoms with Gasteiger partial charge in [0.2, 0.25) is 5.95 Å². The van der Waals surface area contributed by atoms with E-state index in [0.717, 1.165) is 12.0 Å². The van der Waals surface area contributed by atoms with Gasteiger partial charge in [0.25, 0.3) is 5.56 Å². The molecule has 0 aliphatic carbocycles. The summed E-state index contributed by atoms with van der Waals surface area (Å²) in [5.74, 6) is 1.49. The highest BCUT2D eigenvalue weighted by Crippen LogP contribution is 2.27. The van der Waals surface area contributed by atoms with Crippen LogP contribution in [0.5, 0.6) is 11.5 Å². The number of rotatable bonds is 7. The highest BCUT2D eigenvalue weighted by Gasteiger charge is 2.04. The molecule has 122 valence electrons. The van der Waals surface area contributed by atoms with Crippen molar-refractivity contribution in [3.05, 3.63) is 39.8 Å². The van der Waals surface area contributed by atoms with Gasteiger partial charge >= 0.3 is 0 Å². The van der Waals surface area contributed by atoms with Crippen LogP contribution in [0.3, 0.4) is 0 Å². The Hall–Kier alpha value is -2.90.